The Morgan fingerprint density at radius 1 is 1.24 bits per heavy atom. The normalized spacial score (nSPS) is 29.7. The molecule has 4 saturated carbocycles. The average molecular weight is 491 g/mol. The van der Waals surface area contributed by atoms with Crippen LogP contribution < -0.4 is 5.32 Å². The van der Waals surface area contributed by atoms with Gasteiger partial charge in [-0.3, -0.25) is 9.00 Å². The summed E-state index contributed by atoms with van der Waals surface area (Å²) in [5.74, 6) is 0.828. The van der Waals surface area contributed by atoms with Gasteiger partial charge in [-0.15, -0.1) is 11.3 Å². The molecule has 3 aromatic rings. The second kappa shape index (κ2) is 5.80. The Morgan fingerprint density at radius 3 is 2.69 bits per heavy atom. The van der Waals surface area contributed by atoms with Gasteiger partial charge < -0.3 is 9.73 Å². The second-order valence-electron chi connectivity index (χ2n) is 8.79. The van der Waals surface area contributed by atoms with Gasteiger partial charge in [-0.2, -0.15) is 0 Å². The van der Waals surface area contributed by atoms with Crippen LogP contribution in [-0.2, 0) is 21.0 Å². The Labute approximate surface area is 182 Å². The van der Waals surface area contributed by atoms with Gasteiger partial charge in [0, 0.05) is 32.5 Å². The van der Waals surface area contributed by atoms with Gasteiger partial charge in [-0.05, 0) is 62.4 Å². The van der Waals surface area contributed by atoms with Gasteiger partial charge in [-0.1, -0.05) is 15.9 Å². The lowest BCUT2D eigenvalue weighted by molar-refractivity contribution is -0.0811. The highest BCUT2D eigenvalue weighted by Crippen LogP contribution is 2.68. The SMILES string of the molecule is CS(=O)C1(c2ccc(C(=O)NC34CC(c5nc6ccc(Br)cc6s5)(C3)C4)o2)CC1. The predicted octanol–water partition coefficient (Wildman–Crippen LogP) is 4.62. The first-order valence-corrected chi connectivity index (χ1v) is 12.8. The minimum absolute atomic E-state index is 0.120. The number of nitrogens with zero attached hydrogens (tertiary/aromatic N) is 1. The summed E-state index contributed by atoms with van der Waals surface area (Å²) in [6.45, 7) is 0. The van der Waals surface area contributed by atoms with Crippen molar-refractivity contribution in [3.63, 3.8) is 0 Å². The van der Waals surface area contributed by atoms with E-state index in [0.29, 0.717) is 11.5 Å². The van der Waals surface area contributed by atoms with Crippen molar-refractivity contribution in [1.29, 1.82) is 0 Å². The summed E-state index contributed by atoms with van der Waals surface area (Å²) in [4.78, 5) is 17.6. The first-order chi connectivity index (χ1) is 13.8. The van der Waals surface area contributed by atoms with Crippen molar-refractivity contribution in [3.05, 3.63) is 51.3 Å². The smallest absolute Gasteiger partial charge is 0.287 e. The molecule has 4 aliphatic carbocycles. The number of hydrogen-bond acceptors (Lipinski definition) is 5. The summed E-state index contributed by atoms with van der Waals surface area (Å²) >= 11 is 5.28. The maximum absolute atomic E-state index is 12.7. The molecule has 1 aromatic carbocycles. The molecule has 5 nitrogen and oxygen atoms in total. The van der Waals surface area contributed by atoms with Crippen LogP contribution in [0.4, 0.5) is 0 Å². The van der Waals surface area contributed by atoms with Crippen LogP contribution in [0.25, 0.3) is 10.2 Å². The third-order valence-corrected chi connectivity index (χ3v) is 10.2. The lowest BCUT2D eigenvalue weighted by atomic mass is 9.39. The maximum atomic E-state index is 12.7. The number of hydrogen-bond donors (Lipinski definition) is 1. The van der Waals surface area contributed by atoms with Gasteiger partial charge in [0.2, 0.25) is 0 Å². The number of benzene rings is 1. The summed E-state index contributed by atoms with van der Waals surface area (Å²) in [5.41, 5.74) is 1.03. The van der Waals surface area contributed by atoms with Crippen molar-refractivity contribution >= 4 is 54.2 Å². The van der Waals surface area contributed by atoms with Gasteiger partial charge in [0.15, 0.2) is 5.76 Å². The number of thiazole rings is 1. The maximum Gasteiger partial charge on any atom is 0.287 e. The third kappa shape index (κ3) is 2.58. The van der Waals surface area contributed by atoms with Crippen molar-refractivity contribution in [2.24, 2.45) is 0 Å². The van der Waals surface area contributed by atoms with Gasteiger partial charge >= 0.3 is 0 Å². The Balaban J connectivity index is 1.15. The molecule has 2 heterocycles. The van der Waals surface area contributed by atoms with E-state index in [-0.39, 0.29) is 21.6 Å². The molecular weight excluding hydrogens is 472 g/mol. The minimum Gasteiger partial charge on any atom is -0.454 e. The largest absolute Gasteiger partial charge is 0.454 e. The molecular formula is C21H19BrN2O3S2. The van der Waals surface area contributed by atoms with Crippen LogP contribution in [-0.4, -0.2) is 26.9 Å². The number of rotatable bonds is 5. The van der Waals surface area contributed by atoms with E-state index in [0.717, 1.165) is 42.1 Å². The van der Waals surface area contributed by atoms with E-state index in [4.69, 9.17) is 9.40 Å². The summed E-state index contributed by atoms with van der Waals surface area (Å²) < 4.78 is 19.7. The minimum atomic E-state index is -0.987. The average Bonchev–Trinajstić information content (AvgIpc) is 3.09. The van der Waals surface area contributed by atoms with E-state index in [1.165, 1.54) is 9.71 Å². The molecule has 2 bridgehead atoms. The van der Waals surface area contributed by atoms with E-state index >= 15 is 0 Å². The van der Waals surface area contributed by atoms with Crippen molar-refractivity contribution in [2.75, 3.05) is 6.26 Å². The fourth-order valence-electron chi connectivity index (χ4n) is 5.07. The first kappa shape index (κ1) is 18.3. The van der Waals surface area contributed by atoms with Crippen LogP contribution in [0.3, 0.4) is 0 Å². The molecule has 4 fully saturated rings. The molecule has 0 spiro atoms. The van der Waals surface area contributed by atoms with Crippen molar-refractivity contribution < 1.29 is 13.4 Å². The molecule has 1 N–H and O–H groups in total. The summed E-state index contributed by atoms with van der Waals surface area (Å²) in [5, 5.41) is 4.37. The van der Waals surface area contributed by atoms with E-state index < -0.39 is 10.8 Å². The Bertz CT molecular complexity index is 1190. The topological polar surface area (TPSA) is 72.2 Å². The molecule has 1 unspecified atom stereocenters. The van der Waals surface area contributed by atoms with Gasteiger partial charge in [0.05, 0.1) is 10.2 Å². The molecule has 1 amide bonds. The Morgan fingerprint density at radius 2 is 2.00 bits per heavy atom. The molecule has 1 atom stereocenters. The van der Waals surface area contributed by atoms with Gasteiger partial charge in [0.1, 0.15) is 15.5 Å². The number of amides is 1. The highest BCUT2D eigenvalue weighted by Gasteiger charge is 2.70. The zero-order valence-corrected chi connectivity index (χ0v) is 19.0. The highest BCUT2D eigenvalue weighted by atomic mass is 79.9. The molecule has 2 aromatic heterocycles. The van der Waals surface area contributed by atoms with Crippen LogP contribution in [0.1, 0.15) is 53.4 Å². The number of halogens is 1. The third-order valence-electron chi connectivity index (χ3n) is 6.75. The van der Waals surface area contributed by atoms with Crippen LogP contribution in [0.5, 0.6) is 0 Å². The number of nitrogens with one attached hydrogen (secondary N) is 1. The summed E-state index contributed by atoms with van der Waals surface area (Å²) in [6.07, 6.45) is 6.22. The lowest BCUT2D eigenvalue weighted by Gasteiger charge is -2.69. The van der Waals surface area contributed by atoms with E-state index in [1.54, 1.807) is 23.7 Å². The predicted molar refractivity (Wildman–Crippen MR) is 117 cm³/mol. The Kier molecular flexibility index (Phi) is 3.65. The van der Waals surface area contributed by atoms with Crippen LogP contribution in [0.2, 0.25) is 0 Å². The molecule has 150 valence electrons. The van der Waals surface area contributed by atoms with Gasteiger partial charge in [0.25, 0.3) is 5.91 Å². The van der Waals surface area contributed by atoms with Crippen molar-refractivity contribution in [2.45, 2.75) is 47.8 Å². The van der Waals surface area contributed by atoms with Crippen LogP contribution in [0.15, 0.2) is 39.2 Å². The molecule has 4 aliphatic rings. The van der Waals surface area contributed by atoms with Crippen molar-refractivity contribution in [1.82, 2.24) is 10.3 Å². The number of aromatic nitrogens is 1. The standard InChI is InChI=1S/C21H19BrN2O3S2/c1-29(26)21(6-7-21)16-5-4-14(27-16)17(25)24-20-9-19(10-20,11-20)18-23-13-3-2-12(22)8-15(13)28-18/h2-5,8H,6-7,9-11H2,1H3,(H,24,25). The fraction of sp³-hybridized carbons (Fsp3) is 0.429. The number of carbonyl (C=O) groups is 1. The molecule has 29 heavy (non-hydrogen) atoms. The molecule has 0 radical (unpaired) electrons. The lowest BCUT2D eigenvalue weighted by Crippen LogP contribution is -2.76. The molecule has 7 rings (SSSR count). The van der Waals surface area contributed by atoms with E-state index in [1.807, 2.05) is 18.2 Å². The first-order valence-electron chi connectivity index (χ1n) is 9.66. The van der Waals surface area contributed by atoms with E-state index in [9.17, 15) is 9.00 Å². The molecule has 0 saturated heterocycles. The van der Waals surface area contributed by atoms with Crippen LogP contribution in [0, 0.1) is 0 Å². The number of furan rings is 1. The van der Waals surface area contributed by atoms with Gasteiger partial charge in [-0.25, -0.2) is 4.98 Å². The summed E-state index contributed by atoms with van der Waals surface area (Å²) in [6, 6.07) is 9.71. The zero-order valence-electron chi connectivity index (χ0n) is 15.8. The molecule has 8 heteroatoms. The molecule has 0 aliphatic heterocycles. The Hall–Kier alpha value is -1.51. The van der Waals surface area contributed by atoms with Crippen molar-refractivity contribution in [3.8, 4) is 0 Å². The van der Waals surface area contributed by atoms with E-state index in [2.05, 4.69) is 27.3 Å². The quantitative estimate of drug-likeness (QED) is 0.565. The zero-order chi connectivity index (χ0) is 20.0. The fourth-order valence-corrected chi connectivity index (χ4v) is 7.84. The summed E-state index contributed by atoms with van der Waals surface area (Å²) in [7, 11) is -0.987. The monoisotopic (exact) mass is 490 g/mol. The number of carbonyl (C=O) groups excluding carboxylic acids is 1. The number of fused-ring (bicyclic) bond motifs is 1. The second-order valence-corrected chi connectivity index (χ2v) is 12.4. The van der Waals surface area contributed by atoms with Crippen LogP contribution >= 0.6 is 27.3 Å². The highest BCUT2D eigenvalue weighted by molar-refractivity contribution is 9.10.